The van der Waals surface area contributed by atoms with Crippen molar-refractivity contribution in [3.63, 3.8) is 0 Å². The van der Waals surface area contributed by atoms with Gasteiger partial charge in [-0.2, -0.15) is 0 Å². The first-order chi connectivity index (χ1) is 13.0. The lowest BCUT2D eigenvalue weighted by atomic mass is 10.1. The lowest BCUT2D eigenvalue weighted by Crippen LogP contribution is -2.11. The van der Waals surface area contributed by atoms with Gasteiger partial charge in [0.15, 0.2) is 0 Å². The molecule has 3 rings (SSSR count). The third-order valence-electron chi connectivity index (χ3n) is 4.22. The smallest absolute Gasteiger partial charge is 0.267 e. The van der Waals surface area contributed by atoms with Gasteiger partial charge in [-0.25, -0.2) is 4.98 Å². The third kappa shape index (κ3) is 4.28. The maximum Gasteiger partial charge on any atom is 0.267 e. The van der Waals surface area contributed by atoms with Gasteiger partial charge in [-0.05, 0) is 18.9 Å². The maximum absolute atomic E-state index is 12.8. The molecule has 5 nitrogen and oxygen atoms in total. The van der Waals surface area contributed by atoms with Crippen LogP contribution in [-0.2, 0) is 6.42 Å². The number of aromatic nitrogens is 1. The summed E-state index contributed by atoms with van der Waals surface area (Å²) in [5, 5.41) is 3.74. The highest BCUT2D eigenvalue weighted by Crippen LogP contribution is 2.30. The lowest BCUT2D eigenvalue weighted by molar-refractivity contribution is 0.103. The van der Waals surface area contributed by atoms with E-state index >= 15 is 0 Å². The number of carbonyl (C=O) groups is 1. The summed E-state index contributed by atoms with van der Waals surface area (Å²) in [6, 6.07) is 13.5. The molecular weight excluding hydrogens is 360 g/mol. The molecule has 6 heteroatoms. The van der Waals surface area contributed by atoms with Gasteiger partial charge in [0.1, 0.15) is 21.4 Å². The molecule has 2 aromatic carbocycles. The van der Waals surface area contributed by atoms with Crippen LogP contribution in [-0.4, -0.2) is 25.1 Å². The molecule has 0 bridgehead atoms. The predicted molar refractivity (Wildman–Crippen MR) is 109 cm³/mol. The van der Waals surface area contributed by atoms with Crippen LogP contribution in [0.4, 0.5) is 5.69 Å². The average Bonchev–Trinajstić information content (AvgIpc) is 3.09. The highest BCUT2D eigenvalue weighted by atomic mass is 32.1. The third-order valence-corrected chi connectivity index (χ3v) is 5.43. The molecule has 0 unspecified atom stereocenters. The number of amides is 1. The number of aryl methyl sites for hydroxylation is 2. The van der Waals surface area contributed by atoms with E-state index in [0.717, 1.165) is 17.0 Å². The average molecular weight is 382 g/mol. The van der Waals surface area contributed by atoms with Gasteiger partial charge >= 0.3 is 0 Å². The second-order valence-electron chi connectivity index (χ2n) is 6.04. The van der Waals surface area contributed by atoms with Crippen LogP contribution in [0, 0.1) is 6.92 Å². The van der Waals surface area contributed by atoms with Gasteiger partial charge in [-0.1, -0.05) is 31.2 Å². The number of ether oxygens (including phenoxy) is 2. The minimum atomic E-state index is -0.197. The Bertz CT molecular complexity index is 926. The number of anilines is 1. The Morgan fingerprint density at radius 1 is 1.07 bits per heavy atom. The number of nitrogens with zero attached hydrogens (tertiary/aromatic N) is 1. The molecule has 0 spiro atoms. The largest absolute Gasteiger partial charge is 0.497 e. The zero-order valence-corrected chi connectivity index (χ0v) is 16.6. The Morgan fingerprint density at radius 2 is 1.70 bits per heavy atom. The van der Waals surface area contributed by atoms with E-state index in [9.17, 15) is 4.79 Å². The van der Waals surface area contributed by atoms with Crippen molar-refractivity contribution in [1.82, 2.24) is 4.98 Å². The van der Waals surface area contributed by atoms with Crippen molar-refractivity contribution in [2.45, 2.75) is 20.3 Å². The number of hydrogen-bond donors (Lipinski definition) is 1. The van der Waals surface area contributed by atoms with Crippen molar-refractivity contribution in [1.29, 1.82) is 0 Å². The number of methoxy groups -OCH3 is 2. The molecule has 0 atom stereocenters. The number of thiazole rings is 1. The Morgan fingerprint density at radius 3 is 2.26 bits per heavy atom. The van der Waals surface area contributed by atoms with Crippen molar-refractivity contribution in [2.24, 2.45) is 0 Å². The van der Waals surface area contributed by atoms with Gasteiger partial charge in [0, 0.05) is 29.4 Å². The van der Waals surface area contributed by atoms with Crippen LogP contribution >= 0.6 is 11.3 Å². The van der Waals surface area contributed by atoms with Gasteiger partial charge in [-0.3, -0.25) is 4.79 Å². The van der Waals surface area contributed by atoms with E-state index < -0.39 is 0 Å². The van der Waals surface area contributed by atoms with Crippen LogP contribution < -0.4 is 14.8 Å². The highest BCUT2D eigenvalue weighted by molar-refractivity contribution is 7.17. The molecule has 1 aromatic heterocycles. The minimum absolute atomic E-state index is 0.197. The van der Waals surface area contributed by atoms with E-state index in [4.69, 9.17) is 9.47 Å². The molecule has 27 heavy (non-hydrogen) atoms. The first kappa shape index (κ1) is 18.9. The maximum atomic E-state index is 12.8. The fraction of sp³-hybridized carbons (Fsp3) is 0.238. The van der Waals surface area contributed by atoms with Crippen LogP contribution in [0.3, 0.4) is 0 Å². The second kappa shape index (κ2) is 8.22. The summed E-state index contributed by atoms with van der Waals surface area (Å²) >= 11 is 1.39. The molecular formula is C21H22N2O3S. The summed E-state index contributed by atoms with van der Waals surface area (Å²) in [7, 11) is 3.15. The Hall–Kier alpha value is -2.86. The fourth-order valence-corrected chi connectivity index (χ4v) is 3.65. The molecule has 1 N–H and O–H groups in total. The minimum Gasteiger partial charge on any atom is -0.497 e. The summed E-state index contributed by atoms with van der Waals surface area (Å²) < 4.78 is 10.5. The number of rotatable bonds is 6. The van der Waals surface area contributed by atoms with Gasteiger partial charge < -0.3 is 14.8 Å². The molecule has 0 fully saturated rings. The van der Waals surface area contributed by atoms with Crippen LogP contribution in [0.1, 0.15) is 27.9 Å². The molecule has 0 saturated carbocycles. The van der Waals surface area contributed by atoms with Gasteiger partial charge in [0.2, 0.25) is 0 Å². The summed E-state index contributed by atoms with van der Waals surface area (Å²) in [6.07, 6.45) is 0.995. The summed E-state index contributed by atoms with van der Waals surface area (Å²) in [4.78, 5) is 17.9. The summed E-state index contributed by atoms with van der Waals surface area (Å²) in [5.74, 6) is 1.03. The standard InChI is InChI=1S/C21H22N2O3S/c1-5-14-6-8-15(9-7-14)21-22-13(2)19(27-21)20(24)23-16-10-17(25-3)12-18(11-16)26-4/h6-12H,5H2,1-4H3,(H,23,24). The number of nitrogens with one attached hydrogen (secondary N) is 1. The van der Waals surface area contributed by atoms with Crippen molar-refractivity contribution in [3.8, 4) is 22.1 Å². The first-order valence-electron chi connectivity index (χ1n) is 8.65. The van der Waals surface area contributed by atoms with E-state index in [1.54, 1.807) is 32.4 Å². The van der Waals surface area contributed by atoms with E-state index in [0.29, 0.717) is 27.8 Å². The molecule has 1 heterocycles. The summed E-state index contributed by atoms with van der Waals surface area (Å²) in [6.45, 7) is 3.97. The second-order valence-corrected chi connectivity index (χ2v) is 7.04. The molecule has 140 valence electrons. The van der Waals surface area contributed by atoms with E-state index in [-0.39, 0.29) is 5.91 Å². The highest BCUT2D eigenvalue weighted by Gasteiger charge is 2.17. The molecule has 1 amide bonds. The molecule has 0 aliphatic rings. The lowest BCUT2D eigenvalue weighted by Gasteiger charge is -2.09. The predicted octanol–water partition coefficient (Wildman–Crippen LogP) is 4.95. The first-order valence-corrected chi connectivity index (χ1v) is 9.46. The number of hydrogen-bond acceptors (Lipinski definition) is 5. The summed E-state index contributed by atoms with van der Waals surface area (Å²) in [5.41, 5.74) is 3.61. The van der Waals surface area contributed by atoms with Crippen molar-refractivity contribution in [3.05, 3.63) is 58.6 Å². The normalized spacial score (nSPS) is 10.5. The van der Waals surface area contributed by atoms with Crippen LogP contribution in [0.5, 0.6) is 11.5 Å². The van der Waals surface area contributed by atoms with Crippen molar-refractivity contribution >= 4 is 22.9 Å². The van der Waals surface area contributed by atoms with Crippen molar-refractivity contribution in [2.75, 3.05) is 19.5 Å². The quantitative estimate of drug-likeness (QED) is 0.655. The molecule has 0 aliphatic heterocycles. The van der Waals surface area contributed by atoms with Crippen molar-refractivity contribution < 1.29 is 14.3 Å². The van der Waals surface area contributed by atoms with E-state index in [1.165, 1.54) is 16.9 Å². The van der Waals surface area contributed by atoms with Crippen LogP contribution in [0.2, 0.25) is 0 Å². The Kier molecular flexibility index (Phi) is 5.76. The fourth-order valence-electron chi connectivity index (χ4n) is 2.68. The Balaban J connectivity index is 1.84. The molecule has 0 radical (unpaired) electrons. The zero-order valence-electron chi connectivity index (χ0n) is 15.8. The van der Waals surface area contributed by atoms with Crippen LogP contribution in [0.25, 0.3) is 10.6 Å². The van der Waals surface area contributed by atoms with E-state index in [1.807, 2.05) is 19.1 Å². The number of benzene rings is 2. The van der Waals surface area contributed by atoms with Gasteiger partial charge in [0.25, 0.3) is 5.91 Å². The molecule has 3 aromatic rings. The topological polar surface area (TPSA) is 60.5 Å². The number of carbonyl (C=O) groups excluding carboxylic acids is 1. The SMILES string of the molecule is CCc1ccc(-c2nc(C)c(C(=O)Nc3cc(OC)cc(OC)c3)s2)cc1. The molecule has 0 saturated heterocycles. The monoisotopic (exact) mass is 382 g/mol. The zero-order chi connectivity index (χ0) is 19.4. The van der Waals surface area contributed by atoms with Gasteiger partial charge in [-0.15, -0.1) is 11.3 Å². The Labute approximate surface area is 163 Å². The van der Waals surface area contributed by atoms with E-state index in [2.05, 4.69) is 29.4 Å². The van der Waals surface area contributed by atoms with Gasteiger partial charge in [0.05, 0.1) is 19.9 Å². The molecule has 0 aliphatic carbocycles. The van der Waals surface area contributed by atoms with Crippen LogP contribution in [0.15, 0.2) is 42.5 Å².